The molecule has 5 nitrogen and oxygen atoms in total. The Labute approximate surface area is 186 Å². The number of benzene rings is 2. The predicted molar refractivity (Wildman–Crippen MR) is 112 cm³/mol. The molecule has 1 aromatic heterocycles. The number of alkyl halides is 3. The molecule has 0 amide bonds. The summed E-state index contributed by atoms with van der Waals surface area (Å²) in [6.07, 6.45) is -4.13. The molecule has 10 heteroatoms. The summed E-state index contributed by atoms with van der Waals surface area (Å²) in [6, 6.07) is 3.83. The van der Waals surface area contributed by atoms with Crippen LogP contribution >= 0.6 is 11.6 Å². The van der Waals surface area contributed by atoms with E-state index in [2.05, 4.69) is 15.3 Å². The van der Waals surface area contributed by atoms with Gasteiger partial charge >= 0.3 is 6.18 Å². The van der Waals surface area contributed by atoms with Crippen LogP contribution in [0.15, 0.2) is 30.5 Å². The van der Waals surface area contributed by atoms with Crippen LogP contribution in [0.3, 0.4) is 0 Å². The van der Waals surface area contributed by atoms with E-state index in [-0.39, 0.29) is 23.2 Å². The third-order valence-corrected chi connectivity index (χ3v) is 6.41. The highest BCUT2D eigenvalue weighted by Crippen LogP contribution is 2.56. The molecular formula is C22H20ClF4N3O2. The minimum Gasteiger partial charge on any atom is -0.506 e. The molecule has 0 saturated carbocycles. The van der Waals surface area contributed by atoms with E-state index in [0.717, 1.165) is 6.07 Å². The second kappa shape index (κ2) is 7.74. The quantitative estimate of drug-likeness (QED) is 0.424. The monoisotopic (exact) mass is 469 g/mol. The highest BCUT2D eigenvalue weighted by atomic mass is 35.5. The molecular weight excluding hydrogens is 450 g/mol. The fourth-order valence-corrected chi connectivity index (χ4v) is 4.58. The zero-order valence-corrected chi connectivity index (χ0v) is 17.9. The number of halogens is 5. The summed E-state index contributed by atoms with van der Waals surface area (Å²) in [6.45, 7) is 3.31. The molecule has 32 heavy (non-hydrogen) atoms. The average molecular weight is 470 g/mol. The fourth-order valence-electron chi connectivity index (χ4n) is 4.42. The van der Waals surface area contributed by atoms with Crippen LogP contribution in [0.25, 0.3) is 10.9 Å². The number of aromatic nitrogens is 2. The van der Waals surface area contributed by atoms with Crippen LogP contribution in [0.2, 0.25) is 5.02 Å². The fraction of sp³-hybridized carbons (Fsp3) is 0.364. The van der Waals surface area contributed by atoms with Gasteiger partial charge in [-0.25, -0.2) is 14.4 Å². The number of nitrogens with zero attached hydrogens (tertiary/aromatic N) is 2. The molecule has 170 valence electrons. The van der Waals surface area contributed by atoms with Crippen molar-refractivity contribution in [3.05, 3.63) is 58.3 Å². The van der Waals surface area contributed by atoms with Crippen molar-refractivity contribution in [2.24, 2.45) is 0 Å². The molecule has 0 aliphatic heterocycles. The Balaban J connectivity index is 1.96. The van der Waals surface area contributed by atoms with Crippen molar-refractivity contribution in [3.63, 3.8) is 0 Å². The van der Waals surface area contributed by atoms with Crippen LogP contribution in [0, 0.1) is 12.7 Å². The van der Waals surface area contributed by atoms with Crippen LogP contribution in [0.4, 0.5) is 23.2 Å². The van der Waals surface area contributed by atoms with E-state index in [1.807, 2.05) is 0 Å². The van der Waals surface area contributed by atoms with Gasteiger partial charge in [0.05, 0.1) is 11.6 Å². The zero-order chi connectivity index (χ0) is 23.4. The second-order valence-corrected chi connectivity index (χ2v) is 8.37. The Morgan fingerprint density at radius 3 is 2.69 bits per heavy atom. The van der Waals surface area contributed by atoms with Gasteiger partial charge in [0, 0.05) is 22.8 Å². The summed E-state index contributed by atoms with van der Waals surface area (Å²) < 4.78 is 57.2. The summed E-state index contributed by atoms with van der Waals surface area (Å²) in [7, 11) is 0. The first-order chi connectivity index (χ1) is 15.0. The van der Waals surface area contributed by atoms with Gasteiger partial charge in [0.2, 0.25) is 0 Å². The number of aromatic hydroxyl groups is 1. The largest absolute Gasteiger partial charge is 0.506 e. The van der Waals surface area contributed by atoms with Gasteiger partial charge in [0.15, 0.2) is 5.60 Å². The SMILES string of the molecule is CC[C@@H]1C[C@](O)(C(F)(F)F)C(Nc2cccc3nc(C)ncc23)c2cc(F)c(Cl)c(O)c21. The van der Waals surface area contributed by atoms with Crippen molar-refractivity contribution in [2.75, 3.05) is 5.32 Å². The van der Waals surface area contributed by atoms with Crippen LogP contribution < -0.4 is 5.32 Å². The van der Waals surface area contributed by atoms with Crippen molar-refractivity contribution >= 4 is 28.2 Å². The minimum atomic E-state index is -5.04. The van der Waals surface area contributed by atoms with Crippen LogP contribution in [-0.4, -0.2) is 32.0 Å². The lowest BCUT2D eigenvalue weighted by Gasteiger charge is -2.46. The molecule has 3 atom stereocenters. The molecule has 4 rings (SSSR count). The van der Waals surface area contributed by atoms with Gasteiger partial charge in [-0.3, -0.25) is 0 Å². The highest BCUT2D eigenvalue weighted by molar-refractivity contribution is 6.32. The lowest BCUT2D eigenvalue weighted by Crippen LogP contribution is -2.55. The van der Waals surface area contributed by atoms with E-state index in [0.29, 0.717) is 16.7 Å². The van der Waals surface area contributed by atoms with Gasteiger partial charge in [0.25, 0.3) is 0 Å². The number of phenols is 1. The maximum Gasteiger partial charge on any atom is 0.419 e. The molecule has 1 unspecified atom stereocenters. The number of nitrogens with one attached hydrogen (secondary N) is 1. The molecule has 1 heterocycles. The van der Waals surface area contributed by atoms with Gasteiger partial charge < -0.3 is 15.5 Å². The van der Waals surface area contributed by atoms with Crippen LogP contribution in [-0.2, 0) is 0 Å². The zero-order valence-electron chi connectivity index (χ0n) is 17.1. The molecule has 0 spiro atoms. The summed E-state index contributed by atoms with van der Waals surface area (Å²) in [5, 5.41) is 24.1. The maximum absolute atomic E-state index is 14.5. The van der Waals surface area contributed by atoms with E-state index in [9.17, 15) is 27.8 Å². The predicted octanol–water partition coefficient (Wildman–Crippen LogP) is 5.78. The molecule has 1 aliphatic rings. The Kier molecular flexibility index (Phi) is 5.45. The summed E-state index contributed by atoms with van der Waals surface area (Å²) in [5.41, 5.74) is -2.62. The van der Waals surface area contributed by atoms with Gasteiger partial charge in [0.1, 0.15) is 22.4 Å². The molecule has 0 bridgehead atoms. The highest BCUT2D eigenvalue weighted by Gasteiger charge is 2.62. The van der Waals surface area contributed by atoms with Gasteiger partial charge in [-0.15, -0.1) is 0 Å². The Bertz CT molecular complexity index is 1200. The van der Waals surface area contributed by atoms with Crippen LogP contribution in [0.5, 0.6) is 5.75 Å². The molecule has 3 aromatic rings. The van der Waals surface area contributed by atoms with Gasteiger partial charge in [-0.1, -0.05) is 24.6 Å². The first kappa shape index (κ1) is 22.5. The summed E-state index contributed by atoms with van der Waals surface area (Å²) in [5.74, 6) is -2.09. The molecule has 0 radical (unpaired) electrons. The van der Waals surface area contributed by atoms with E-state index < -0.39 is 46.7 Å². The van der Waals surface area contributed by atoms with Gasteiger partial charge in [-0.2, -0.15) is 13.2 Å². The lowest BCUT2D eigenvalue weighted by molar-refractivity contribution is -0.272. The Hall–Kier alpha value is -2.65. The van der Waals surface area contributed by atoms with E-state index in [4.69, 9.17) is 11.6 Å². The van der Waals surface area contributed by atoms with Crippen molar-refractivity contribution in [1.82, 2.24) is 9.97 Å². The van der Waals surface area contributed by atoms with Crippen molar-refractivity contribution in [3.8, 4) is 5.75 Å². The lowest BCUT2D eigenvalue weighted by atomic mass is 9.69. The average Bonchev–Trinajstić information content (AvgIpc) is 2.72. The first-order valence-corrected chi connectivity index (χ1v) is 10.3. The molecule has 1 aliphatic carbocycles. The third-order valence-electron chi connectivity index (χ3n) is 6.05. The maximum atomic E-state index is 14.5. The number of fused-ring (bicyclic) bond motifs is 2. The smallest absolute Gasteiger partial charge is 0.419 e. The Morgan fingerprint density at radius 1 is 1.31 bits per heavy atom. The number of aliphatic hydroxyl groups is 1. The van der Waals surface area contributed by atoms with E-state index in [1.165, 1.54) is 12.3 Å². The van der Waals surface area contributed by atoms with E-state index in [1.54, 1.807) is 26.0 Å². The number of hydrogen-bond donors (Lipinski definition) is 3. The standard InChI is InChI=1S/C22H20ClF4N3O2/c1-3-11-8-21(32,22(25,26)27)20(12-7-14(24)18(23)19(31)17(11)12)30-16-6-4-5-15-13(16)9-28-10(2)29-15/h4-7,9,11,20,30-32H,3,8H2,1-2H3/t11-,20?,21-/m1/s1. The molecule has 0 saturated heterocycles. The number of rotatable bonds is 3. The number of phenolic OH excluding ortho intramolecular Hbond substituents is 1. The molecule has 0 fully saturated rings. The topological polar surface area (TPSA) is 78.3 Å². The first-order valence-electron chi connectivity index (χ1n) is 9.96. The molecule has 3 N–H and O–H groups in total. The minimum absolute atomic E-state index is 0.0951. The number of anilines is 1. The summed E-state index contributed by atoms with van der Waals surface area (Å²) in [4.78, 5) is 8.37. The number of hydrogen-bond acceptors (Lipinski definition) is 5. The van der Waals surface area contributed by atoms with Crippen molar-refractivity contribution in [1.29, 1.82) is 0 Å². The second-order valence-electron chi connectivity index (χ2n) is 7.99. The van der Waals surface area contributed by atoms with Crippen molar-refractivity contribution in [2.45, 2.75) is 50.4 Å². The van der Waals surface area contributed by atoms with Crippen molar-refractivity contribution < 1.29 is 27.8 Å². The normalized spacial score (nSPS) is 23.2. The Morgan fingerprint density at radius 2 is 2.03 bits per heavy atom. The van der Waals surface area contributed by atoms with E-state index >= 15 is 0 Å². The van der Waals surface area contributed by atoms with Gasteiger partial charge in [-0.05, 0) is 49.4 Å². The summed E-state index contributed by atoms with van der Waals surface area (Å²) >= 11 is 5.85. The number of aryl methyl sites for hydroxylation is 1. The third kappa shape index (κ3) is 3.44. The molecule has 2 aromatic carbocycles. The van der Waals surface area contributed by atoms with Crippen LogP contribution in [0.1, 0.15) is 48.7 Å².